The first kappa shape index (κ1) is 13.8. The van der Waals surface area contributed by atoms with Gasteiger partial charge in [-0.15, -0.1) is 0 Å². The number of rotatable bonds is 4. The summed E-state index contributed by atoms with van der Waals surface area (Å²) in [6.07, 6.45) is 0. The first-order valence-corrected chi connectivity index (χ1v) is 6.25. The predicted octanol–water partition coefficient (Wildman–Crippen LogP) is 0.221. The van der Waals surface area contributed by atoms with Gasteiger partial charge >= 0.3 is 5.97 Å². The molecule has 1 aliphatic rings. The van der Waals surface area contributed by atoms with Crippen molar-refractivity contribution in [2.75, 3.05) is 19.4 Å². The molecule has 0 aromatic carbocycles. The molecule has 2 amide bonds. The van der Waals surface area contributed by atoms with Gasteiger partial charge in [0, 0.05) is 11.8 Å². The zero-order valence-corrected chi connectivity index (χ0v) is 10.9. The number of nitrogens with zero attached hydrogens (tertiary/aromatic N) is 1. The molecule has 0 aromatic heterocycles. The summed E-state index contributed by atoms with van der Waals surface area (Å²) in [5.41, 5.74) is 0. The van der Waals surface area contributed by atoms with Gasteiger partial charge in [0.05, 0.1) is 7.11 Å². The van der Waals surface area contributed by atoms with Crippen LogP contribution in [0.25, 0.3) is 0 Å². The van der Waals surface area contributed by atoms with Crippen LogP contribution in [0.3, 0.4) is 0 Å². The highest BCUT2D eigenvalue weighted by molar-refractivity contribution is 8.14. The Balaban J connectivity index is 2.67. The summed E-state index contributed by atoms with van der Waals surface area (Å²) in [7, 11) is 1.28. The Morgan fingerprint density at radius 1 is 1.59 bits per heavy atom. The summed E-state index contributed by atoms with van der Waals surface area (Å²) in [6, 6.07) is -0.663. The number of carbonyl (C=O) groups excluding carboxylic acids is 3. The maximum absolute atomic E-state index is 12.1. The van der Waals surface area contributed by atoms with E-state index in [2.05, 4.69) is 10.1 Å². The maximum atomic E-state index is 12.1. The summed E-state index contributed by atoms with van der Waals surface area (Å²) in [5, 5.41) is 2.36. The average molecular weight is 260 g/mol. The van der Waals surface area contributed by atoms with E-state index in [0.717, 1.165) is 11.8 Å². The molecule has 1 atom stereocenters. The van der Waals surface area contributed by atoms with E-state index >= 15 is 0 Å². The van der Waals surface area contributed by atoms with Crippen LogP contribution in [-0.4, -0.2) is 53.5 Å². The van der Waals surface area contributed by atoms with Crippen molar-refractivity contribution < 1.29 is 19.1 Å². The molecule has 17 heavy (non-hydrogen) atoms. The minimum absolute atomic E-state index is 0.0932. The van der Waals surface area contributed by atoms with E-state index in [1.165, 1.54) is 12.0 Å². The lowest BCUT2D eigenvalue weighted by molar-refractivity contribution is -0.148. The van der Waals surface area contributed by atoms with E-state index in [4.69, 9.17) is 0 Å². The molecule has 1 aliphatic heterocycles. The molecular weight excluding hydrogens is 244 g/mol. The molecule has 0 bridgehead atoms. The number of carbonyl (C=O) groups is 3. The Morgan fingerprint density at radius 2 is 2.24 bits per heavy atom. The molecule has 1 rings (SSSR count). The van der Waals surface area contributed by atoms with Gasteiger partial charge in [-0.3, -0.25) is 14.4 Å². The number of amides is 2. The number of nitrogens with one attached hydrogen (secondary N) is 1. The first-order chi connectivity index (χ1) is 7.95. The van der Waals surface area contributed by atoms with Crippen molar-refractivity contribution in [1.29, 1.82) is 0 Å². The van der Waals surface area contributed by atoms with Crippen molar-refractivity contribution in [3.8, 4) is 0 Å². The van der Waals surface area contributed by atoms with E-state index < -0.39 is 12.0 Å². The molecule has 1 unspecified atom stereocenters. The number of hydrogen-bond acceptors (Lipinski definition) is 5. The highest BCUT2D eigenvalue weighted by Crippen LogP contribution is 2.16. The van der Waals surface area contributed by atoms with Gasteiger partial charge in [0.2, 0.25) is 5.91 Å². The van der Waals surface area contributed by atoms with Gasteiger partial charge in [0.15, 0.2) is 0 Å². The molecule has 0 radical (unpaired) electrons. The zero-order valence-electron chi connectivity index (χ0n) is 10.1. The van der Waals surface area contributed by atoms with Gasteiger partial charge in [-0.25, -0.2) is 0 Å². The SMILES string of the molecule is COC(=O)CN(C(=O)C1CSC(=O)N1)C(C)C. The number of esters is 1. The van der Waals surface area contributed by atoms with Gasteiger partial charge in [0.1, 0.15) is 12.6 Å². The van der Waals surface area contributed by atoms with Crippen LogP contribution >= 0.6 is 11.8 Å². The lowest BCUT2D eigenvalue weighted by Crippen LogP contribution is -2.50. The fourth-order valence-electron chi connectivity index (χ4n) is 1.44. The van der Waals surface area contributed by atoms with Crippen molar-refractivity contribution in [3.05, 3.63) is 0 Å². The Morgan fingerprint density at radius 3 is 2.65 bits per heavy atom. The van der Waals surface area contributed by atoms with E-state index in [0.29, 0.717) is 5.75 Å². The maximum Gasteiger partial charge on any atom is 0.325 e. The number of ether oxygens (including phenoxy) is 1. The highest BCUT2D eigenvalue weighted by Gasteiger charge is 2.33. The second kappa shape index (κ2) is 5.90. The Labute approximate surface area is 104 Å². The van der Waals surface area contributed by atoms with Crippen molar-refractivity contribution >= 4 is 28.9 Å². The quantitative estimate of drug-likeness (QED) is 0.732. The van der Waals surface area contributed by atoms with Crippen molar-refractivity contribution in [2.24, 2.45) is 0 Å². The van der Waals surface area contributed by atoms with Crippen LogP contribution in [-0.2, 0) is 14.3 Å². The monoisotopic (exact) mass is 260 g/mol. The van der Waals surface area contributed by atoms with Crippen LogP contribution < -0.4 is 5.32 Å². The van der Waals surface area contributed by atoms with E-state index in [9.17, 15) is 14.4 Å². The molecule has 0 spiro atoms. The van der Waals surface area contributed by atoms with Gasteiger partial charge in [0.25, 0.3) is 5.24 Å². The summed E-state index contributed by atoms with van der Waals surface area (Å²) in [5.74, 6) is -0.310. The van der Waals surface area contributed by atoms with Crippen molar-refractivity contribution in [3.63, 3.8) is 0 Å². The summed E-state index contributed by atoms with van der Waals surface area (Å²) >= 11 is 1.07. The minimum atomic E-state index is -0.542. The van der Waals surface area contributed by atoms with E-state index in [1.807, 2.05) is 13.8 Å². The second-order valence-corrected chi connectivity index (χ2v) is 4.92. The van der Waals surface area contributed by atoms with Gasteiger partial charge < -0.3 is 15.0 Å². The molecule has 0 aliphatic carbocycles. The first-order valence-electron chi connectivity index (χ1n) is 5.26. The van der Waals surface area contributed by atoms with Gasteiger partial charge in [-0.05, 0) is 13.8 Å². The summed E-state index contributed by atoms with van der Waals surface area (Å²) in [6.45, 7) is 3.53. The Bertz CT molecular complexity index is 332. The molecular formula is C10H16N2O4S. The fourth-order valence-corrected chi connectivity index (χ4v) is 2.21. The standard InChI is InChI=1S/C10H16N2O4S/c1-6(2)12(4-8(13)16-3)9(14)7-5-17-10(15)11-7/h6-7H,4-5H2,1-3H3,(H,11,15). The predicted molar refractivity (Wildman–Crippen MR) is 63.6 cm³/mol. The van der Waals surface area contributed by atoms with E-state index in [1.54, 1.807) is 0 Å². The lowest BCUT2D eigenvalue weighted by Gasteiger charge is -2.27. The lowest BCUT2D eigenvalue weighted by atomic mass is 10.2. The van der Waals surface area contributed by atoms with Crippen LogP contribution in [0.1, 0.15) is 13.8 Å². The molecule has 0 saturated carbocycles. The molecule has 96 valence electrons. The molecule has 1 N–H and O–H groups in total. The summed E-state index contributed by atoms with van der Waals surface area (Å²) in [4.78, 5) is 35.7. The third-order valence-electron chi connectivity index (χ3n) is 2.40. The van der Waals surface area contributed by atoms with Gasteiger partial charge in [-0.2, -0.15) is 0 Å². The molecule has 0 aromatic rings. The van der Waals surface area contributed by atoms with Crippen molar-refractivity contribution in [2.45, 2.75) is 25.9 Å². The van der Waals surface area contributed by atoms with Crippen LogP contribution in [0.5, 0.6) is 0 Å². The minimum Gasteiger partial charge on any atom is -0.468 e. The number of hydrogen-bond donors (Lipinski definition) is 1. The van der Waals surface area contributed by atoms with Gasteiger partial charge in [-0.1, -0.05) is 11.8 Å². The Hall–Kier alpha value is -1.24. The normalized spacial score (nSPS) is 19.1. The Kier molecular flexibility index (Phi) is 4.80. The van der Waals surface area contributed by atoms with Crippen molar-refractivity contribution in [1.82, 2.24) is 10.2 Å². The second-order valence-electron chi connectivity index (χ2n) is 3.93. The topological polar surface area (TPSA) is 75.7 Å². The summed E-state index contributed by atoms with van der Waals surface area (Å²) < 4.78 is 4.54. The van der Waals surface area contributed by atoms with E-state index in [-0.39, 0.29) is 23.7 Å². The average Bonchev–Trinajstić information content (AvgIpc) is 2.71. The molecule has 1 heterocycles. The molecule has 1 saturated heterocycles. The zero-order chi connectivity index (χ0) is 13.0. The van der Waals surface area contributed by atoms with Crippen LogP contribution in [0.4, 0.5) is 4.79 Å². The molecule has 6 nitrogen and oxygen atoms in total. The largest absolute Gasteiger partial charge is 0.468 e. The number of thioether (sulfide) groups is 1. The van der Waals surface area contributed by atoms with Crippen LogP contribution in [0, 0.1) is 0 Å². The smallest absolute Gasteiger partial charge is 0.325 e. The highest BCUT2D eigenvalue weighted by atomic mass is 32.2. The van der Waals surface area contributed by atoms with Crippen LogP contribution in [0.15, 0.2) is 0 Å². The molecule has 7 heteroatoms. The number of methoxy groups -OCH3 is 1. The third-order valence-corrected chi connectivity index (χ3v) is 3.28. The fraction of sp³-hybridized carbons (Fsp3) is 0.700. The third kappa shape index (κ3) is 3.62. The van der Waals surface area contributed by atoms with Crippen LogP contribution in [0.2, 0.25) is 0 Å². The molecule has 1 fully saturated rings.